The Bertz CT molecular complexity index is 533. The van der Waals surface area contributed by atoms with Crippen molar-refractivity contribution in [2.75, 3.05) is 7.05 Å². The summed E-state index contributed by atoms with van der Waals surface area (Å²) in [7, 11) is 2.03. The highest BCUT2D eigenvalue weighted by molar-refractivity contribution is 9.10. The molecule has 0 saturated heterocycles. The molecule has 0 aliphatic heterocycles. The summed E-state index contributed by atoms with van der Waals surface area (Å²) < 4.78 is 1.14. The zero-order valence-electron chi connectivity index (χ0n) is 11.0. The Morgan fingerprint density at radius 3 is 2.61 bits per heavy atom. The van der Waals surface area contributed by atoms with Gasteiger partial charge in [-0.1, -0.05) is 28.9 Å². The van der Waals surface area contributed by atoms with Crippen LogP contribution in [0, 0.1) is 6.92 Å². The van der Waals surface area contributed by atoms with Crippen LogP contribution in [0.15, 0.2) is 34.8 Å². The summed E-state index contributed by atoms with van der Waals surface area (Å²) in [5.41, 5.74) is 2.67. The summed E-state index contributed by atoms with van der Waals surface area (Å²) >= 11 is 5.42. The number of halogens is 1. The summed E-state index contributed by atoms with van der Waals surface area (Å²) in [5.74, 6) is 0. The third kappa shape index (κ3) is 2.85. The maximum atomic E-state index is 3.52. The quantitative estimate of drug-likeness (QED) is 0.860. The van der Waals surface area contributed by atoms with Gasteiger partial charge in [-0.2, -0.15) is 0 Å². The second-order valence-corrected chi connectivity index (χ2v) is 6.50. The zero-order valence-corrected chi connectivity index (χ0v) is 13.4. The SMILES string of the molecule is CCc1ccc(C(NC)c2ccc(Br)cc2C)s1. The smallest absolute Gasteiger partial charge is 0.0671 e. The molecular formula is C15H18BrNS. The van der Waals surface area contributed by atoms with Crippen LogP contribution in [0.5, 0.6) is 0 Å². The van der Waals surface area contributed by atoms with Gasteiger partial charge in [-0.05, 0) is 55.8 Å². The van der Waals surface area contributed by atoms with Gasteiger partial charge in [0.25, 0.3) is 0 Å². The Morgan fingerprint density at radius 1 is 1.28 bits per heavy atom. The minimum atomic E-state index is 0.295. The molecule has 3 heteroatoms. The molecule has 0 fully saturated rings. The molecule has 2 aromatic rings. The molecule has 1 nitrogen and oxygen atoms in total. The van der Waals surface area contributed by atoms with Crippen LogP contribution in [-0.4, -0.2) is 7.05 Å². The second kappa shape index (κ2) is 6.00. The molecule has 96 valence electrons. The fraction of sp³-hybridized carbons (Fsp3) is 0.333. The van der Waals surface area contributed by atoms with Gasteiger partial charge in [0.15, 0.2) is 0 Å². The Hall–Kier alpha value is -0.640. The maximum absolute atomic E-state index is 3.52. The van der Waals surface area contributed by atoms with Crippen LogP contribution in [0.4, 0.5) is 0 Å². The summed E-state index contributed by atoms with van der Waals surface area (Å²) in [5, 5.41) is 3.43. The summed E-state index contributed by atoms with van der Waals surface area (Å²) in [4.78, 5) is 2.83. The van der Waals surface area contributed by atoms with Crippen molar-refractivity contribution in [2.45, 2.75) is 26.3 Å². The Kier molecular flexibility index (Phi) is 4.60. The monoisotopic (exact) mass is 323 g/mol. The van der Waals surface area contributed by atoms with Crippen molar-refractivity contribution in [3.05, 3.63) is 55.7 Å². The summed E-state index contributed by atoms with van der Waals surface area (Å²) in [6, 6.07) is 11.3. The topological polar surface area (TPSA) is 12.0 Å². The molecular weight excluding hydrogens is 306 g/mol. The highest BCUT2D eigenvalue weighted by Crippen LogP contribution is 2.31. The van der Waals surface area contributed by atoms with E-state index in [0.29, 0.717) is 6.04 Å². The van der Waals surface area contributed by atoms with E-state index in [1.807, 2.05) is 18.4 Å². The van der Waals surface area contributed by atoms with Crippen LogP contribution in [0.2, 0.25) is 0 Å². The lowest BCUT2D eigenvalue weighted by Crippen LogP contribution is -2.17. The average molecular weight is 324 g/mol. The summed E-state index contributed by atoms with van der Waals surface area (Å²) in [6.07, 6.45) is 1.11. The fourth-order valence-corrected chi connectivity index (χ4v) is 3.71. The van der Waals surface area contributed by atoms with Gasteiger partial charge in [0.1, 0.15) is 0 Å². The molecule has 1 aromatic carbocycles. The molecule has 0 saturated carbocycles. The largest absolute Gasteiger partial charge is 0.309 e. The van der Waals surface area contributed by atoms with Crippen LogP contribution in [0.25, 0.3) is 0 Å². The van der Waals surface area contributed by atoms with Crippen molar-refractivity contribution in [2.24, 2.45) is 0 Å². The van der Waals surface area contributed by atoms with E-state index >= 15 is 0 Å². The molecule has 1 heterocycles. The predicted molar refractivity (Wildman–Crippen MR) is 83.5 cm³/mol. The van der Waals surface area contributed by atoms with E-state index in [2.05, 4.69) is 65.4 Å². The van der Waals surface area contributed by atoms with E-state index in [4.69, 9.17) is 0 Å². The number of hydrogen-bond acceptors (Lipinski definition) is 2. The van der Waals surface area contributed by atoms with Gasteiger partial charge >= 0.3 is 0 Å². The van der Waals surface area contributed by atoms with Crippen molar-refractivity contribution >= 4 is 27.3 Å². The van der Waals surface area contributed by atoms with Crippen LogP contribution >= 0.6 is 27.3 Å². The molecule has 1 aromatic heterocycles. The minimum absolute atomic E-state index is 0.295. The minimum Gasteiger partial charge on any atom is -0.309 e. The van der Waals surface area contributed by atoms with Gasteiger partial charge in [-0.3, -0.25) is 0 Å². The first kappa shape index (κ1) is 13.8. The van der Waals surface area contributed by atoms with Crippen LogP contribution in [0.1, 0.15) is 33.8 Å². The van der Waals surface area contributed by atoms with Crippen molar-refractivity contribution in [1.29, 1.82) is 0 Å². The highest BCUT2D eigenvalue weighted by Gasteiger charge is 2.16. The lowest BCUT2D eigenvalue weighted by Gasteiger charge is -2.17. The first-order chi connectivity index (χ1) is 8.65. The van der Waals surface area contributed by atoms with E-state index in [0.717, 1.165) is 10.9 Å². The number of hydrogen-bond donors (Lipinski definition) is 1. The van der Waals surface area contributed by atoms with Crippen molar-refractivity contribution in [3.8, 4) is 0 Å². The zero-order chi connectivity index (χ0) is 13.1. The van der Waals surface area contributed by atoms with Crippen LogP contribution < -0.4 is 5.32 Å². The number of aryl methyl sites for hydroxylation is 2. The third-order valence-electron chi connectivity index (χ3n) is 3.15. The first-order valence-corrected chi connectivity index (χ1v) is 7.78. The van der Waals surface area contributed by atoms with E-state index < -0.39 is 0 Å². The van der Waals surface area contributed by atoms with Gasteiger partial charge < -0.3 is 5.32 Å². The third-order valence-corrected chi connectivity index (χ3v) is 4.93. The fourth-order valence-electron chi connectivity index (χ4n) is 2.15. The normalized spacial score (nSPS) is 12.7. The van der Waals surface area contributed by atoms with Gasteiger partial charge in [-0.15, -0.1) is 11.3 Å². The first-order valence-electron chi connectivity index (χ1n) is 6.17. The molecule has 0 aliphatic rings. The standard InChI is InChI=1S/C15H18BrNS/c1-4-12-6-8-14(18-12)15(17-3)13-7-5-11(16)9-10(13)2/h5-9,15,17H,4H2,1-3H3. The molecule has 0 aliphatic carbocycles. The van der Waals surface area contributed by atoms with Crippen LogP contribution in [-0.2, 0) is 6.42 Å². The number of thiophene rings is 1. The number of rotatable bonds is 4. The molecule has 1 unspecified atom stereocenters. The molecule has 1 atom stereocenters. The van der Waals surface area contributed by atoms with E-state index in [9.17, 15) is 0 Å². The molecule has 0 amide bonds. The lowest BCUT2D eigenvalue weighted by atomic mass is 10.0. The van der Waals surface area contributed by atoms with Gasteiger partial charge in [0, 0.05) is 14.2 Å². The molecule has 1 N–H and O–H groups in total. The van der Waals surface area contributed by atoms with Gasteiger partial charge in [0.2, 0.25) is 0 Å². The molecule has 2 rings (SSSR count). The Morgan fingerprint density at radius 2 is 2.06 bits per heavy atom. The molecule has 18 heavy (non-hydrogen) atoms. The van der Waals surface area contributed by atoms with Crippen molar-refractivity contribution in [3.63, 3.8) is 0 Å². The molecule has 0 spiro atoms. The predicted octanol–water partition coefficient (Wildman–Crippen LogP) is 4.69. The van der Waals surface area contributed by atoms with E-state index in [1.54, 1.807) is 0 Å². The van der Waals surface area contributed by atoms with Crippen LogP contribution in [0.3, 0.4) is 0 Å². The summed E-state index contributed by atoms with van der Waals surface area (Å²) in [6.45, 7) is 4.37. The number of benzene rings is 1. The van der Waals surface area contributed by atoms with E-state index in [-0.39, 0.29) is 0 Å². The van der Waals surface area contributed by atoms with E-state index in [1.165, 1.54) is 20.9 Å². The van der Waals surface area contributed by atoms with Gasteiger partial charge in [-0.25, -0.2) is 0 Å². The van der Waals surface area contributed by atoms with Crippen molar-refractivity contribution < 1.29 is 0 Å². The lowest BCUT2D eigenvalue weighted by molar-refractivity contribution is 0.699. The van der Waals surface area contributed by atoms with Crippen molar-refractivity contribution in [1.82, 2.24) is 5.32 Å². The highest BCUT2D eigenvalue weighted by atomic mass is 79.9. The molecule has 0 bridgehead atoms. The Labute approximate surface area is 121 Å². The second-order valence-electron chi connectivity index (χ2n) is 4.38. The van der Waals surface area contributed by atoms with Gasteiger partial charge in [0.05, 0.1) is 6.04 Å². The Balaban J connectivity index is 2.38. The number of nitrogens with one attached hydrogen (secondary N) is 1. The molecule has 0 radical (unpaired) electrons. The average Bonchev–Trinajstić information content (AvgIpc) is 2.81. The maximum Gasteiger partial charge on any atom is 0.0671 e.